The van der Waals surface area contributed by atoms with Crippen LogP contribution in [-0.4, -0.2) is 24.5 Å². The normalized spacial score (nSPS) is 11.6. The minimum absolute atomic E-state index is 0.210. The summed E-state index contributed by atoms with van der Waals surface area (Å²) in [5.74, 6) is 0.625. The summed E-state index contributed by atoms with van der Waals surface area (Å²) in [5, 5.41) is 8.34. The zero-order valence-electron chi connectivity index (χ0n) is 6.17. The maximum absolute atomic E-state index is 8.34. The molecule has 0 unspecified atom stereocenters. The Bertz CT molecular complexity index is 79.0. The molecule has 54 valence electrons. The summed E-state index contributed by atoms with van der Waals surface area (Å²) in [5.41, 5.74) is 0. The molecule has 0 aliphatic rings. The van der Waals surface area contributed by atoms with Gasteiger partial charge in [-0.3, -0.25) is 4.99 Å². The third-order valence-electron chi connectivity index (χ3n) is 0.858. The Hall–Kier alpha value is -0.370. The topological polar surface area (TPSA) is 32.6 Å². The molecule has 0 bridgehead atoms. The monoisotopic (exact) mass is 129 g/mol. The van der Waals surface area contributed by atoms with Gasteiger partial charge in [-0.2, -0.15) is 0 Å². The highest BCUT2D eigenvalue weighted by Gasteiger charge is 1.86. The number of aliphatic imine (C=N–C) groups is 1. The predicted molar refractivity (Wildman–Crippen MR) is 39.9 cm³/mol. The Balaban J connectivity index is 3.04. The van der Waals surface area contributed by atoms with Crippen LogP contribution in [0.1, 0.15) is 20.3 Å². The molecule has 0 fully saturated rings. The Kier molecular flexibility index (Phi) is 5.52. The van der Waals surface area contributed by atoms with Crippen molar-refractivity contribution in [3.8, 4) is 0 Å². The zero-order chi connectivity index (χ0) is 7.11. The van der Waals surface area contributed by atoms with Crippen molar-refractivity contribution >= 4 is 6.21 Å². The summed E-state index contributed by atoms with van der Waals surface area (Å²) in [6, 6.07) is 0. The van der Waals surface area contributed by atoms with Gasteiger partial charge >= 0.3 is 0 Å². The fourth-order valence-electron chi connectivity index (χ4n) is 0.434. The van der Waals surface area contributed by atoms with Gasteiger partial charge in [0.2, 0.25) is 0 Å². The van der Waals surface area contributed by atoms with Crippen molar-refractivity contribution in [1.29, 1.82) is 0 Å². The molecule has 0 heterocycles. The van der Waals surface area contributed by atoms with E-state index in [0.717, 1.165) is 6.54 Å². The van der Waals surface area contributed by atoms with Gasteiger partial charge in [-0.1, -0.05) is 13.8 Å². The van der Waals surface area contributed by atoms with Crippen molar-refractivity contribution in [1.82, 2.24) is 0 Å². The van der Waals surface area contributed by atoms with Crippen LogP contribution >= 0.6 is 0 Å². The molecule has 0 aromatic heterocycles. The Labute approximate surface area is 56.6 Å². The lowest BCUT2D eigenvalue weighted by Crippen LogP contribution is -1.92. The number of hydrogen-bond donors (Lipinski definition) is 1. The van der Waals surface area contributed by atoms with E-state index >= 15 is 0 Å². The third kappa shape index (κ3) is 7.63. The highest BCUT2D eigenvalue weighted by Crippen LogP contribution is 1.90. The second-order valence-corrected chi connectivity index (χ2v) is 2.45. The van der Waals surface area contributed by atoms with Crippen LogP contribution in [0.5, 0.6) is 0 Å². The summed E-state index contributed by atoms with van der Waals surface area (Å²) >= 11 is 0. The first-order valence-electron chi connectivity index (χ1n) is 3.36. The molecule has 0 aliphatic carbocycles. The third-order valence-corrected chi connectivity index (χ3v) is 0.858. The molecule has 0 saturated heterocycles. The molecular weight excluding hydrogens is 114 g/mol. The summed E-state index contributed by atoms with van der Waals surface area (Å²) < 4.78 is 0. The molecule has 2 nitrogen and oxygen atoms in total. The first kappa shape index (κ1) is 8.63. The van der Waals surface area contributed by atoms with Gasteiger partial charge in [0, 0.05) is 25.8 Å². The van der Waals surface area contributed by atoms with Crippen molar-refractivity contribution in [2.45, 2.75) is 20.3 Å². The van der Waals surface area contributed by atoms with Gasteiger partial charge in [-0.15, -0.1) is 0 Å². The molecular formula is C7H15NO. The highest BCUT2D eigenvalue weighted by atomic mass is 16.2. The second kappa shape index (κ2) is 5.76. The first-order chi connectivity index (χ1) is 4.27. The number of rotatable bonds is 4. The Morgan fingerprint density at radius 1 is 1.56 bits per heavy atom. The van der Waals surface area contributed by atoms with Crippen LogP contribution in [-0.2, 0) is 0 Å². The lowest BCUT2D eigenvalue weighted by atomic mass is 10.2. The maximum Gasteiger partial charge on any atom is 0.0480 e. The van der Waals surface area contributed by atoms with Crippen molar-refractivity contribution < 1.29 is 5.11 Å². The zero-order valence-corrected chi connectivity index (χ0v) is 6.17. The van der Waals surface area contributed by atoms with E-state index in [1.165, 1.54) is 0 Å². The van der Waals surface area contributed by atoms with E-state index in [9.17, 15) is 0 Å². The Morgan fingerprint density at radius 3 is 2.67 bits per heavy atom. The minimum Gasteiger partial charge on any atom is -0.396 e. The quantitative estimate of drug-likeness (QED) is 0.566. The minimum atomic E-state index is 0.210. The summed E-state index contributed by atoms with van der Waals surface area (Å²) in [4.78, 5) is 4.08. The van der Waals surface area contributed by atoms with Crippen LogP contribution < -0.4 is 0 Å². The predicted octanol–water partition coefficient (Wildman–Crippen LogP) is 1.10. The van der Waals surface area contributed by atoms with Gasteiger partial charge in [-0.05, 0) is 5.92 Å². The molecule has 0 aliphatic heterocycles. The van der Waals surface area contributed by atoms with E-state index in [4.69, 9.17) is 5.11 Å². The van der Waals surface area contributed by atoms with E-state index in [2.05, 4.69) is 18.8 Å². The first-order valence-corrected chi connectivity index (χ1v) is 3.36. The Morgan fingerprint density at radius 2 is 2.22 bits per heavy atom. The fourth-order valence-corrected chi connectivity index (χ4v) is 0.434. The second-order valence-electron chi connectivity index (χ2n) is 2.45. The molecule has 0 radical (unpaired) electrons. The number of nitrogens with zero attached hydrogens (tertiary/aromatic N) is 1. The maximum atomic E-state index is 8.34. The van der Waals surface area contributed by atoms with E-state index in [0.29, 0.717) is 12.3 Å². The van der Waals surface area contributed by atoms with Crippen LogP contribution in [0.2, 0.25) is 0 Å². The SMILES string of the molecule is CC(C)CN=CCCO. The summed E-state index contributed by atoms with van der Waals surface area (Å²) in [6.07, 6.45) is 2.46. The molecule has 0 aromatic rings. The van der Waals surface area contributed by atoms with Crippen molar-refractivity contribution in [2.24, 2.45) is 10.9 Å². The van der Waals surface area contributed by atoms with E-state index in [1.54, 1.807) is 6.21 Å². The van der Waals surface area contributed by atoms with Crippen LogP contribution in [0, 0.1) is 5.92 Å². The van der Waals surface area contributed by atoms with Gasteiger partial charge in [0.25, 0.3) is 0 Å². The van der Waals surface area contributed by atoms with Crippen LogP contribution in [0.25, 0.3) is 0 Å². The molecule has 0 saturated carbocycles. The molecule has 1 N–H and O–H groups in total. The van der Waals surface area contributed by atoms with Crippen LogP contribution in [0.15, 0.2) is 4.99 Å². The fraction of sp³-hybridized carbons (Fsp3) is 0.857. The number of aliphatic hydroxyl groups is 1. The lowest BCUT2D eigenvalue weighted by Gasteiger charge is -1.95. The lowest BCUT2D eigenvalue weighted by molar-refractivity contribution is 0.308. The van der Waals surface area contributed by atoms with Gasteiger partial charge in [0.15, 0.2) is 0 Å². The molecule has 0 rings (SSSR count). The van der Waals surface area contributed by atoms with Gasteiger partial charge in [-0.25, -0.2) is 0 Å². The van der Waals surface area contributed by atoms with E-state index in [1.807, 2.05) is 0 Å². The smallest absolute Gasteiger partial charge is 0.0480 e. The average Bonchev–Trinajstić information content (AvgIpc) is 1.80. The standard InChI is InChI=1S/C7H15NO/c1-7(2)6-8-4-3-5-9/h4,7,9H,3,5-6H2,1-2H3. The highest BCUT2D eigenvalue weighted by molar-refractivity contribution is 5.57. The van der Waals surface area contributed by atoms with Crippen LogP contribution in [0.4, 0.5) is 0 Å². The van der Waals surface area contributed by atoms with Crippen LogP contribution in [0.3, 0.4) is 0 Å². The summed E-state index contributed by atoms with van der Waals surface area (Å²) in [7, 11) is 0. The number of aliphatic hydroxyl groups excluding tert-OH is 1. The van der Waals surface area contributed by atoms with Crippen molar-refractivity contribution in [3.63, 3.8) is 0 Å². The summed E-state index contributed by atoms with van der Waals surface area (Å²) in [6.45, 7) is 5.33. The molecule has 0 atom stereocenters. The van der Waals surface area contributed by atoms with E-state index in [-0.39, 0.29) is 6.61 Å². The van der Waals surface area contributed by atoms with Gasteiger partial charge in [0.1, 0.15) is 0 Å². The molecule has 2 heteroatoms. The number of hydrogen-bond acceptors (Lipinski definition) is 2. The van der Waals surface area contributed by atoms with Gasteiger partial charge in [0.05, 0.1) is 0 Å². The molecule has 0 spiro atoms. The average molecular weight is 129 g/mol. The molecule has 9 heavy (non-hydrogen) atoms. The van der Waals surface area contributed by atoms with E-state index < -0.39 is 0 Å². The largest absolute Gasteiger partial charge is 0.396 e. The molecule has 0 aromatic carbocycles. The molecule has 0 amide bonds. The van der Waals surface area contributed by atoms with Crippen molar-refractivity contribution in [3.05, 3.63) is 0 Å². The van der Waals surface area contributed by atoms with Crippen molar-refractivity contribution in [2.75, 3.05) is 13.2 Å². The van der Waals surface area contributed by atoms with Gasteiger partial charge < -0.3 is 5.11 Å².